The van der Waals surface area contributed by atoms with E-state index in [-0.39, 0.29) is 0 Å². The summed E-state index contributed by atoms with van der Waals surface area (Å²) >= 11 is 0. The molecule has 194 valence electrons. The fraction of sp³-hybridized carbons (Fsp3) is 0. The molecule has 10 rings (SSSR count). The van der Waals surface area contributed by atoms with Gasteiger partial charge in [0.1, 0.15) is 11.2 Å². The quantitative estimate of drug-likeness (QED) is 0.192. The van der Waals surface area contributed by atoms with Crippen molar-refractivity contribution < 1.29 is 4.42 Å². The van der Waals surface area contributed by atoms with Gasteiger partial charge in [-0.05, 0) is 68.0 Å². The molecule has 2 aromatic heterocycles. The molecular formula is C40H23NO. The van der Waals surface area contributed by atoms with Crippen molar-refractivity contribution in [2.45, 2.75) is 0 Å². The number of para-hydroxylation sites is 1. The molecule has 0 aliphatic heterocycles. The number of furan rings is 1. The number of fused-ring (bicyclic) bond motifs is 15. The summed E-state index contributed by atoms with van der Waals surface area (Å²) in [7, 11) is 0. The van der Waals surface area contributed by atoms with E-state index in [0.29, 0.717) is 0 Å². The van der Waals surface area contributed by atoms with Crippen molar-refractivity contribution >= 4 is 86.8 Å². The van der Waals surface area contributed by atoms with Crippen LogP contribution in [0.1, 0.15) is 0 Å². The summed E-state index contributed by atoms with van der Waals surface area (Å²) in [6.07, 6.45) is 0. The molecule has 2 heteroatoms. The molecule has 0 spiro atoms. The van der Waals surface area contributed by atoms with E-state index in [4.69, 9.17) is 4.42 Å². The van der Waals surface area contributed by atoms with Crippen LogP contribution in [0.3, 0.4) is 0 Å². The lowest BCUT2D eigenvalue weighted by molar-refractivity contribution is 0.669. The van der Waals surface area contributed by atoms with Gasteiger partial charge in [0.2, 0.25) is 0 Å². The summed E-state index contributed by atoms with van der Waals surface area (Å²) in [6, 6.07) is 50.6. The number of aromatic nitrogens is 1. The van der Waals surface area contributed by atoms with E-state index in [1.165, 1.54) is 70.3 Å². The summed E-state index contributed by atoms with van der Waals surface area (Å²) in [5, 5.41) is 15.0. The van der Waals surface area contributed by atoms with Gasteiger partial charge in [0.15, 0.2) is 0 Å². The van der Waals surface area contributed by atoms with Crippen molar-refractivity contribution in [3.8, 4) is 5.69 Å². The summed E-state index contributed by atoms with van der Waals surface area (Å²) in [6.45, 7) is 0. The van der Waals surface area contributed by atoms with Gasteiger partial charge in [-0.25, -0.2) is 0 Å². The van der Waals surface area contributed by atoms with Gasteiger partial charge in [-0.3, -0.25) is 0 Å². The summed E-state index contributed by atoms with van der Waals surface area (Å²) < 4.78 is 8.83. The summed E-state index contributed by atoms with van der Waals surface area (Å²) in [5.41, 5.74) is 5.41. The Labute approximate surface area is 240 Å². The van der Waals surface area contributed by atoms with E-state index in [2.05, 4.69) is 144 Å². The lowest BCUT2D eigenvalue weighted by atomic mass is 9.93. The largest absolute Gasteiger partial charge is 0.456 e. The number of nitrogens with zero attached hydrogens (tertiary/aromatic N) is 1. The maximum atomic E-state index is 6.37. The maximum Gasteiger partial charge on any atom is 0.136 e. The zero-order chi connectivity index (χ0) is 27.4. The van der Waals surface area contributed by atoms with Crippen molar-refractivity contribution in [1.82, 2.24) is 4.57 Å². The number of hydrogen-bond acceptors (Lipinski definition) is 1. The van der Waals surface area contributed by atoms with Crippen LogP contribution in [0.5, 0.6) is 0 Å². The average molecular weight is 534 g/mol. The lowest BCUT2D eigenvalue weighted by Gasteiger charge is -2.14. The Bertz CT molecular complexity index is 2740. The smallest absolute Gasteiger partial charge is 0.136 e. The topological polar surface area (TPSA) is 18.1 Å². The molecule has 0 aliphatic carbocycles. The molecule has 0 saturated heterocycles. The van der Waals surface area contributed by atoms with Gasteiger partial charge in [0.05, 0.1) is 11.0 Å². The molecule has 0 saturated carbocycles. The molecule has 42 heavy (non-hydrogen) atoms. The first-order valence-electron chi connectivity index (χ1n) is 14.4. The molecule has 2 nitrogen and oxygen atoms in total. The number of benzene rings is 8. The van der Waals surface area contributed by atoms with E-state index >= 15 is 0 Å². The van der Waals surface area contributed by atoms with Crippen LogP contribution in [0, 0.1) is 0 Å². The molecule has 0 radical (unpaired) electrons. The fourth-order valence-corrected chi connectivity index (χ4v) is 7.39. The maximum absolute atomic E-state index is 6.37. The molecule has 0 aliphatic rings. The minimum Gasteiger partial charge on any atom is -0.456 e. The number of hydrogen-bond donors (Lipinski definition) is 0. The third kappa shape index (κ3) is 2.78. The van der Waals surface area contributed by atoms with Gasteiger partial charge in [0.25, 0.3) is 0 Å². The van der Waals surface area contributed by atoms with Gasteiger partial charge in [-0.2, -0.15) is 0 Å². The normalized spacial score (nSPS) is 12.3. The van der Waals surface area contributed by atoms with Gasteiger partial charge >= 0.3 is 0 Å². The van der Waals surface area contributed by atoms with E-state index in [9.17, 15) is 0 Å². The highest BCUT2D eigenvalue weighted by molar-refractivity contribution is 6.36. The highest BCUT2D eigenvalue weighted by atomic mass is 16.3. The molecule has 2 heterocycles. The lowest BCUT2D eigenvalue weighted by Crippen LogP contribution is -1.95. The van der Waals surface area contributed by atoms with Crippen molar-refractivity contribution in [3.63, 3.8) is 0 Å². The Balaban J connectivity index is 1.42. The minimum atomic E-state index is 0.910. The first kappa shape index (κ1) is 22.1. The third-order valence-corrected chi connectivity index (χ3v) is 9.13. The van der Waals surface area contributed by atoms with Gasteiger partial charge in [0, 0.05) is 32.6 Å². The van der Waals surface area contributed by atoms with Crippen LogP contribution in [0.25, 0.3) is 92.5 Å². The molecule has 0 N–H and O–H groups in total. The van der Waals surface area contributed by atoms with Crippen molar-refractivity contribution in [2.24, 2.45) is 0 Å². The van der Waals surface area contributed by atoms with Crippen molar-refractivity contribution in [1.29, 1.82) is 0 Å². The third-order valence-electron chi connectivity index (χ3n) is 9.13. The van der Waals surface area contributed by atoms with E-state index in [0.717, 1.165) is 22.2 Å². The molecule has 0 fully saturated rings. The van der Waals surface area contributed by atoms with Crippen LogP contribution < -0.4 is 0 Å². The molecule has 0 unspecified atom stereocenters. The predicted molar refractivity (Wildman–Crippen MR) is 178 cm³/mol. The van der Waals surface area contributed by atoms with Crippen molar-refractivity contribution in [2.75, 3.05) is 0 Å². The van der Waals surface area contributed by atoms with E-state index in [1.807, 2.05) is 0 Å². The predicted octanol–water partition coefficient (Wildman–Crippen LogP) is 11.3. The minimum absolute atomic E-state index is 0.910. The Morgan fingerprint density at radius 1 is 0.381 bits per heavy atom. The fourth-order valence-electron chi connectivity index (χ4n) is 7.39. The zero-order valence-electron chi connectivity index (χ0n) is 22.6. The highest BCUT2D eigenvalue weighted by Crippen LogP contribution is 2.45. The monoisotopic (exact) mass is 533 g/mol. The Morgan fingerprint density at radius 2 is 1.00 bits per heavy atom. The van der Waals surface area contributed by atoms with Crippen LogP contribution in [-0.2, 0) is 0 Å². The highest BCUT2D eigenvalue weighted by Gasteiger charge is 2.20. The van der Waals surface area contributed by atoms with Gasteiger partial charge < -0.3 is 8.98 Å². The van der Waals surface area contributed by atoms with Crippen molar-refractivity contribution in [3.05, 3.63) is 140 Å². The van der Waals surface area contributed by atoms with Crippen LogP contribution in [0.15, 0.2) is 144 Å². The van der Waals surface area contributed by atoms with E-state index < -0.39 is 0 Å². The van der Waals surface area contributed by atoms with Crippen LogP contribution in [0.4, 0.5) is 0 Å². The van der Waals surface area contributed by atoms with Crippen LogP contribution in [0.2, 0.25) is 0 Å². The van der Waals surface area contributed by atoms with Crippen LogP contribution in [-0.4, -0.2) is 4.57 Å². The second-order valence-corrected chi connectivity index (χ2v) is 11.3. The van der Waals surface area contributed by atoms with Crippen LogP contribution >= 0.6 is 0 Å². The first-order valence-corrected chi connectivity index (χ1v) is 14.4. The standard InChI is InChI=1S/C40H23NO/c1-3-11-27-24(9-1)17-20-32-37(27)29-13-5-6-14-30(29)40-39(32)31-15-7-8-16-34(31)41(40)26-19-22-35-33(23-26)38-28-12-4-2-10-25(28)18-21-36(38)42-35/h1-23H. The molecule has 0 atom stereocenters. The molecular weight excluding hydrogens is 510 g/mol. The Hall–Kier alpha value is -5.60. The summed E-state index contributed by atoms with van der Waals surface area (Å²) in [5.74, 6) is 0. The molecule has 0 amide bonds. The second kappa shape index (κ2) is 7.99. The van der Waals surface area contributed by atoms with Gasteiger partial charge in [-0.1, -0.05) is 109 Å². The first-order chi connectivity index (χ1) is 20.8. The number of rotatable bonds is 1. The Kier molecular flexibility index (Phi) is 4.21. The zero-order valence-corrected chi connectivity index (χ0v) is 22.6. The van der Waals surface area contributed by atoms with E-state index in [1.54, 1.807) is 0 Å². The Morgan fingerprint density at radius 3 is 1.81 bits per heavy atom. The summed E-state index contributed by atoms with van der Waals surface area (Å²) in [4.78, 5) is 0. The average Bonchev–Trinajstić information content (AvgIpc) is 3.61. The molecule has 8 aromatic carbocycles. The SMILES string of the molecule is c1ccc2c(c1)ccc1oc3ccc(-n4c5ccccc5c5c6ccc7ccccc7c6c6ccccc6c54)cc3c12. The second-order valence-electron chi connectivity index (χ2n) is 11.3. The molecule has 0 bridgehead atoms. The molecule has 10 aromatic rings. The van der Waals surface area contributed by atoms with Gasteiger partial charge in [-0.15, -0.1) is 0 Å².